The number of nitrogen functional groups attached to an aromatic ring is 1. The first-order chi connectivity index (χ1) is 9.60. The van der Waals surface area contributed by atoms with Crippen molar-refractivity contribution in [3.05, 3.63) is 12.1 Å². The lowest BCUT2D eigenvalue weighted by molar-refractivity contribution is 0.0381. The minimum absolute atomic E-state index is 0.281. The molecule has 1 atom stereocenters. The fourth-order valence-corrected chi connectivity index (χ4v) is 2.15. The number of morpholine rings is 1. The fourth-order valence-electron chi connectivity index (χ4n) is 2.15. The molecular formula is C15H25N3O2. The van der Waals surface area contributed by atoms with E-state index in [1.165, 1.54) is 0 Å². The number of hydrogen-bond donors (Lipinski definition) is 1. The maximum atomic E-state index is 5.93. The van der Waals surface area contributed by atoms with E-state index in [2.05, 4.69) is 30.7 Å². The molecule has 112 valence electrons. The zero-order chi connectivity index (χ0) is 14.5. The largest absolute Gasteiger partial charge is 0.476 e. The number of pyridine rings is 1. The van der Waals surface area contributed by atoms with Crippen LogP contribution in [0.25, 0.3) is 0 Å². The molecule has 0 amide bonds. The lowest BCUT2D eigenvalue weighted by atomic mass is 10.2. The van der Waals surface area contributed by atoms with E-state index in [0.717, 1.165) is 31.9 Å². The highest BCUT2D eigenvalue weighted by Crippen LogP contribution is 2.25. The normalized spacial score (nSPS) is 19.4. The van der Waals surface area contributed by atoms with E-state index in [4.69, 9.17) is 15.2 Å². The molecule has 1 aromatic heterocycles. The Morgan fingerprint density at radius 2 is 2.30 bits per heavy atom. The Bertz CT molecular complexity index is 437. The van der Waals surface area contributed by atoms with Gasteiger partial charge in [0, 0.05) is 13.1 Å². The van der Waals surface area contributed by atoms with Crippen molar-refractivity contribution in [1.29, 1.82) is 0 Å². The van der Waals surface area contributed by atoms with Gasteiger partial charge in [0.1, 0.15) is 5.82 Å². The van der Waals surface area contributed by atoms with Gasteiger partial charge in [0.15, 0.2) is 0 Å². The molecule has 0 spiro atoms. The second-order valence-electron chi connectivity index (χ2n) is 5.62. The monoisotopic (exact) mass is 279 g/mol. The molecule has 2 heterocycles. The average Bonchev–Trinajstić information content (AvgIpc) is 2.46. The van der Waals surface area contributed by atoms with Gasteiger partial charge in [0.25, 0.3) is 0 Å². The van der Waals surface area contributed by atoms with E-state index in [1.807, 2.05) is 12.1 Å². The Morgan fingerprint density at radius 3 is 3.00 bits per heavy atom. The zero-order valence-electron chi connectivity index (χ0n) is 12.6. The molecule has 5 heteroatoms. The standard InChI is InChI=1S/C15H25N3O2/c1-4-12-9-18(7-8-19-12)14-6-5-13(16)15(17-14)20-10-11(2)3/h5-6,11-12H,4,7-10,16H2,1-3H3. The maximum absolute atomic E-state index is 5.93. The van der Waals surface area contributed by atoms with Crippen molar-refractivity contribution in [2.45, 2.75) is 33.3 Å². The highest BCUT2D eigenvalue weighted by molar-refractivity contribution is 5.54. The number of anilines is 2. The van der Waals surface area contributed by atoms with Crippen molar-refractivity contribution in [1.82, 2.24) is 4.98 Å². The molecule has 1 saturated heterocycles. The van der Waals surface area contributed by atoms with E-state index in [0.29, 0.717) is 24.1 Å². The van der Waals surface area contributed by atoms with Crippen molar-refractivity contribution in [3.63, 3.8) is 0 Å². The molecule has 0 aromatic carbocycles. The van der Waals surface area contributed by atoms with Gasteiger partial charge in [-0.25, -0.2) is 0 Å². The van der Waals surface area contributed by atoms with Gasteiger partial charge in [-0.2, -0.15) is 4.98 Å². The van der Waals surface area contributed by atoms with Crippen molar-refractivity contribution < 1.29 is 9.47 Å². The average molecular weight is 279 g/mol. The summed E-state index contributed by atoms with van der Waals surface area (Å²) in [7, 11) is 0. The molecule has 0 bridgehead atoms. The van der Waals surface area contributed by atoms with Crippen LogP contribution in [0.3, 0.4) is 0 Å². The van der Waals surface area contributed by atoms with Gasteiger partial charge in [0.2, 0.25) is 5.88 Å². The molecule has 20 heavy (non-hydrogen) atoms. The van der Waals surface area contributed by atoms with Crippen molar-refractivity contribution in [2.24, 2.45) is 5.92 Å². The smallest absolute Gasteiger partial charge is 0.239 e. The Balaban J connectivity index is 2.09. The van der Waals surface area contributed by atoms with Crippen LogP contribution in [0.1, 0.15) is 27.2 Å². The summed E-state index contributed by atoms with van der Waals surface area (Å²) in [5.74, 6) is 1.91. The third kappa shape index (κ3) is 3.76. The molecular weight excluding hydrogens is 254 g/mol. The summed E-state index contributed by atoms with van der Waals surface area (Å²) in [5.41, 5.74) is 6.52. The van der Waals surface area contributed by atoms with Crippen LogP contribution in [0.15, 0.2) is 12.1 Å². The molecule has 1 unspecified atom stereocenters. The summed E-state index contributed by atoms with van der Waals surface area (Å²) >= 11 is 0. The van der Waals surface area contributed by atoms with Crippen LogP contribution < -0.4 is 15.4 Å². The summed E-state index contributed by atoms with van der Waals surface area (Å²) < 4.78 is 11.4. The Morgan fingerprint density at radius 1 is 1.50 bits per heavy atom. The molecule has 2 N–H and O–H groups in total. The molecule has 0 radical (unpaired) electrons. The maximum Gasteiger partial charge on any atom is 0.239 e. The lowest BCUT2D eigenvalue weighted by Crippen LogP contribution is -2.42. The van der Waals surface area contributed by atoms with Crippen LogP contribution in [-0.2, 0) is 4.74 Å². The third-order valence-corrected chi connectivity index (χ3v) is 3.35. The van der Waals surface area contributed by atoms with E-state index < -0.39 is 0 Å². The summed E-state index contributed by atoms with van der Waals surface area (Å²) in [4.78, 5) is 6.80. The SMILES string of the molecule is CCC1CN(c2ccc(N)c(OCC(C)C)n2)CCO1. The first kappa shape index (κ1) is 14.9. The summed E-state index contributed by atoms with van der Waals surface area (Å²) in [5, 5.41) is 0. The predicted molar refractivity (Wildman–Crippen MR) is 81.2 cm³/mol. The van der Waals surface area contributed by atoms with Gasteiger partial charge < -0.3 is 20.1 Å². The minimum Gasteiger partial charge on any atom is -0.476 e. The van der Waals surface area contributed by atoms with E-state index in [9.17, 15) is 0 Å². The van der Waals surface area contributed by atoms with Crippen LogP contribution >= 0.6 is 0 Å². The Kier molecular flexibility index (Phi) is 5.06. The molecule has 0 saturated carbocycles. The number of hydrogen-bond acceptors (Lipinski definition) is 5. The molecule has 1 aromatic rings. The van der Waals surface area contributed by atoms with Gasteiger partial charge in [-0.05, 0) is 24.5 Å². The number of rotatable bonds is 5. The topological polar surface area (TPSA) is 60.6 Å². The van der Waals surface area contributed by atoms with Crippen molar-refractivity contribution in [3.8, 4) is 5.88 Å². The first-order valence-corrected chi connectivity index (χ1v) is 7.36. The quantitative estimate of drug-likeness (QED) is 0.896. The van der Waals surface area contributed by atoms with Crippen LogP contribution in [0, 0.1) is 5.92 Å². The van der Waals surface area contributed by atoms with E-state index in [-0.39, 0.29) is 6.10 Å². The second-order valence-corrected chi connectivity index (χ2v) is 5.62. The number of aromatic nitrogens is 1. The minimum atomic E-state index is 0.281. The highest BCUT2D eigenvalue weighted by Gasteiger charge is 2.20. The third-order valence-electron chi connectivity index (χ3n) is 3.35. The zero-order valence-corrected chi connectivity index (χ0v) is 12.6. The number of ether oxygens (including phenoxy) is 2. The van der Waals surface area contributed by atoms with Gasteiger partial charge >= 0.3 is 0 Å². The van der Waals surface area contributed by atoms with E-state index >= 15 is 0 Å². The predicted octanol–water partition coefficient (Wildman–Crippen LogP) is 2.31. The first-order valence-electron chi connectivity index (χ1n) is 7.36. The molecule has 0 aliphatic carbocycles. The summed E-state index contributed by atoms with van der Waals surface area (Å²) in [6.45, 7) is 9.45. The van der Waals surface area contributed by atoms with Gasteiger partial charge in [0.05, 0.1) is 25.0 Å². The van der Waals surface area contributed by atoms with Gasteiger partial charge in [-0.15, -0.1) is 0 Å². The molecule has 2 rings (SSSR count). The van der Waals surface area contributed by atoms with Crippen LogP contribution in [0.4, 0.5) is 11.5 Å². The van der Waals surface area contributed by atoms with Crippen LogP contribution in [0.5, 0.6) is 5.88 Å². The van der Waals surface area contributed by atoms with Crippen LogP contribution in [-0.4, -0.2) is 37.4 Å². The molecule has 1 fully saturated rings. The number of nitrogens with two attached hydrogens (primary N) is 1. The highest BCUT2D eigenvalue weighted by atomic mass is 16.5. The summed E-state index contributed by atoms with van der Waals surface area (Å²) in [6, 6.07) is 3.82. The molecule has 5 nitrogen and oxygen atoms in total. The van der Waals surface area contributed by atoms with E-state index in [1.54, 1.807) is 0 Å². The second kappa shape index (κ2) is 6.79. The molecule has 1 aliphatic heterocycles. The summed E-state index contributed by atoms with van der Waals surface area (Å²) in [6.07, 6.45) is 1.30. The Hall–Kier alpha value is -1.49. The lowest BCUT2D eigenvalue weighted by Gasteiger charge is -2.33. The Labute approximate surface area is 121 Å². The van der Waals surface area contributed by atoms with Gasteiger partial charge in [-0.1, -0.05) is 20.8 Å². The molecule has 1 aliphatic rings. The van der Waals surface area contributed by atoms with Crippen molar-refractivity contribution in [2.75, 3.05) is 36.9 Å². The number of nitrogens with zero attached hydrogens (tertiary/aromatic N) is 2. The fraction of sp³-hybridized carbons (Fsp3) is 0.667. The van der Waals surface area contributed by atoms with Crippen molar-refractivity contribution >= 4 is 11.5 Å². The van der Waals surface area contributed by atoms with Gasteiger partial charge in [-0.3, -0.25) is 0 Å². The van der Waals surface area contributed by atoms with Crippen LogP contribution in [0.2, 0.25) is 0 Å².